The van der Waals surface area contributed by atoms with Gasteiger partial charge < -0.3 is 0 Å². The fourth-order valence-electron chi connectivity index (χ4n) is 2.36. The topological polar surface area (TPSA) is 0 Å². The molecule has 0 aromatic heterocycles. The minimum absolute atomic E-state index is 0.761. The third kappa shape index (κ3) is 3.94. The smallest absolute Gasteiger partial charge is 0.0725 e. The lowest BCUT2D eigenvalue weighted by molar-refractivity contribution is 0.886. The molecule has 20 heavy (non-hydrogen) atoms. The molecule has 1 aliphatic carbocycles. The van der Waals surface area contributed by atoms with Gasteiger partial charge in [-0.25, -0.2) is 0 Å². The molecule has 1 aromatic carbocycles. The molecule has 1 saturated carbocycles. The van der Waals surface area contributed by atoms with Gasteiger partial charge in [0.05, 0.1) is 8.43 Å². The van der Waals surface area contributed by atoms with Crippen LogP contribution in [-0.2, 0) is 0 Å². The van der Waals surface area contributed by atoms with Gasteiger partial charge in [0.1, 0.15) is 0 Å². The molecule has 0 spiro atoms. The van der Waals surface area contributed by atoms with Crippen LogP contribution < -0.4 is 0 Å². The first-order chi connectivity index (χ1) is 9.81. The number of thiocarbonyl (C=S) groups is 1. The van der Waals surface area contributed by atoms with Crippen LogP contribution in [0.25, 0.3) is 4.91 Å². The molecule has 1 aromatic rings. The van der Waals surface area contributed by atoms with Gasteiger partial charge in [-0.2, -0.15) is 0 Å². The summed E-state index contributed by atoms with van der Waals surface area (Å²) in [5.41, 5.74) is 1.29. The molecule has 0 N–H and O–H groups in total. The Bertz CT molecular complexity index is 539. The van der Waals surface area contributed by atoms with Gasteiger partial charge in [0.25, 0.3) is 0 Å². The van der Waals surface area contributed by atoms with E-state index >= 15 is 0 Å². The zero-order valence-corrected chi connectivity index (χ0v) is 14.3. The molecule has 1 heterocycles. The summed E-state index contributed by atoms with van der Waals surface area (Å²) in [6, 6.07) is 10.6. The predicted octanol–water partition coefficient (Wildman–Crippen LogP) is 6.31. The van der Waals surface area contributed by atoms with Crippen LogP contribution in [0.2, 0.25) is 0 Å². The first-order valence-electron chi connectivity index (χ1n) is 6.84. The Morgan fingerprint density at radius 3 is 2.70 bits per heavy atom. The second-order valence-corrected chi connectivity index (χ2v) is 9.17. The third-order valence-electron chi connectivity index (χ3n) is 3.37. The molecule has 0 bridgehead atoms. The van der Waals surface area contributed by atoms with Crippen molar-refractivity contribution in [3.8, 4) is 0 Å². The third-order valence-corrected chi connectivity index (χ3v) is 7.22. The number of benzene rings is 1. The highest BCUT2D eigenvalue weighted by Crippen LogP contribution is 2.48. The average Bonchev–Trinajstić information content (AvgIpc) is 3.11. The molecule has 4 heteroatoms. The zero-order valence-electron chi connectivity index (χ0n) is 11.1. The van der Waals surface area contributed by atoms with Gasteiger partial charge in [-0.1, -0.05) is 78.9 Å². The lowest BCUT2D eigenvalue weighted by Gasteiger charge is -2.07. The van der Waals surface area contributed by atoms with Gasteiger partial charge >= 0.3 is 0 Å². The summed E-state index contributed by atoms with van der Waals surface area (Å²) in [4.78, 5) is 1.33. The number of rotatable bonds is 3. The minimum Gasteiger partial charge on any atom is -0.111 e. The SMILES string of the molecule is S=C(/C=C1/SC=C(c2ccccc2)S1)SC1CCCC1. The number of hydrogen-bond acceptors (Lipinski definition) is 4. The van der Waals surface area contributed by atoms with Crippen molar-refractivity contribution in [1.82, 2.24) is 0 Å². The van der Waals surface area contributed by atoms with Crippen molar-refractivity contribution in [2.45, 2.75) is 30.9 Å². The van der Waals surface area contributed by atoms with Gasteiger partial charge in [0.2, 0.25) is 0 Å². The second-order valence-electron chi connectivity index (χ2n) is 4.87. The highest BCUT2D eigenvalue weighted by atomic mass is 32.2. The van der Waals surface area contributed by atoms with E-state index in [1.165, 1.54) is 40.4 Å². The van der Waals surface area contributed by atoms with Crippen molar-refractivity contribution < 1.29 is 0 Å². The maximum atomic E-state index is 5.52. The van der Waals surface area contributed by atoms with Crippen molar-refractivity contribution in [3.63, 3.8) is 0 Å². The highest BCUT2D eigenvalue weighted by molar-refractivity contribution is 8.31. The molecular formula is C16H16S4. The van der Waals surface area contributed by atoms with Gasteiger partial charge in [0.15, 0.2) is 0 Å². The molecule has 0 amide bonds. The molecule has 0 radical (unpaired) electrons. The molecule has 1 aliphatic heterocycles. The van der Waals surface area contributed by atoms with Crippen LogP contribution in [0.1, 0.15) is 31.2 Å². The first kappa shape index (κ1) is 14.8. The van der Waals surface area contributed by atoms with Crippen molar-refractivity contribution >= 4 is 56.6 Å². The summed E-state index contributed by atoms with van der Waals surface area (Å²) >= 11 is 11.0. The lowest BCUT2D eigenvalue weighted by atomic mass is 10.2. The van der Waals surface area contributed by atoms with E-state index in [-0.39, 0.29) is 0 Å². The highest BCUT2D eigenvalue weighted by Gasteiger charge is 2.18. The van der Waals surface area contributed by atoms with E-state index in [4.69, 9.17) is 12.2 Å². The molecule has 1 fully saturated rings. The van der Waals surface area contributed by atoms with Crippen LogP contribution in [0.3, 0.4) is 0 Å². The summed E-state index contributed by atoms with van der Waals surface area (Å²) in [5.74, 6) is 0. The van der Waals surface area contributed by atoms with Crippen LogP contribution in [0.15, 0.2) is 46.1 Å². The quantitative estimate of drug-likeness (QED) is 0.468. The Morgan fingerprint density at radius 1 is 1.20 bits per heavy atom. The van der Waals surface area contributed by atoms with E-state index in [9.17, 15) is 0 Å². The monoisotopic (exact) mass is 336 g/mol. The maximum Gasteiger partial charge on any atom is 0.0725 e. The second kappa shape index (κ2) is 7.21. The standard InChI is InChI=1S/C16H16S4/c17-15(19-13-8-4-5-9-13)10-16-18-11-14(20-16)12-6-2-1-3-7-12/h1-3,6-7,10-11,13H,4-5,8-9H2/b16-10-. The number of thioether (sulfide) groups is 3. The largest absolute Gasteiger partial charge is 0.111 e. The summed E-state index contributed by atoms with van der Waals surface area (Å²) in [5, 5.41) is 2.99. The van der Waals surface area contributed by atoms with Gasteiger partial charge in [0, 0.05) is 10.2 Å². The van der Waals surface area contributed by atoms with Crippen LogP contribution in [-0.4, -0.2) is 9.45 Å². The van der Waals surface area contributed by atoms with Gasteiger partial charge in [-0.05, 0) is 29.9 Å². The Balaban J connectivity index is 1.57. The first-order valence-corrected chi connectivity index (χ1v) is 9.82. The minimum atomic E-state index is 0.761. The van der Waals surface area contributed by atoms with Crippen LogP contribution >= 0.6 is 47.5 Å². The van der Waals surface area contributed by atoms with E-state index in [1.807, 2.05) is 23.5 Å². The summed E-state index contributed by atoms with van der Waals surface area (Å²) in [7, 11) is 0. The molecule has 0 unspecified atom stereocenters. The molecule has 2 aliphatic rings. The summed E-state index contributed by atoms with van der Waals surface area (Å²) in [6.07, 6.45) is 7.60. The van der Waals surface area contributed by atoms with Gasteiger partial charge in [-0.3, -0.25) is 0 Å². The molecule has 3 rings (SSSR count). The fraction of sp³-hybridized carbons (Fsp3) is 0.312. The van der Waals surface area contributed by atoms with E-state index in [0.29, 0.717) is 0 Å². The average molecular weight is 337 g/mol. The van der Waals surface area contributed by atoms with E-state index < -0.39 is 0 Å². The molecule has 0 atom stereocenters. The van der Waals surface area contributed by atoms with E-state index in [1.54, 1.807) is 11.8 Å². The Hall–Kier alpha value is -0.160. The zero-order chi connectivity index (χ0) is 13.8. The molecule has 104 valence electrons. The Labute approximate surface area is 138 Å². The molecular weight excluding hydrogens is 320 g/mol. The van der Waals surface area contributed by atoms with Crippen molar-refractivity contribution in [2.75, 3.05) is 0 Å². The van der Waals surface area contributed by atoms with Crippen LogP contribution in [0.4, 0.5) is 0 Å². The maximum absolute atomic E-state index is 5.52. The van der Waals surface area contributed by atoms with Crippen molar-refractivity contribution in [3.05, 3.63) is 51.6 Å². The predicted molar refractivity (Wildman–Crippen MR) is 100 cm³/mol. The van der Waals surface area contributed by atoms with Crippen molar-refractivity contribution in [2.24, 2.45) is 0 Å². The normalized spacial score (nSPS) is 21.4. The summed E-state index contributed by atoms with van der Waals surface area (Å²) < 4.78 is 2.36. The Morgan fingerprint density at radius 2 is 1.95 bits per heavy atom. The number of hydrogen-bond donors (Lipinski definition) is 0. The van der Waals surface area contributed by atoms with Crippen molar-refractivity contribution in [1.29, 1.82) is 0 Å². The van der Waals surface area contributed by atoms with Crippen LogP contribution in [0.5, 0.6) is 0 Å². The van der Waals surface area contributed by atoms with E-state index in [0.717, 1.165) is 9.45 Å². The summed E-state index contributed by atoms with van der Waals surface area (Å²) in [6.45, 7) is 0. The molecule has 0 saturated heterocycles. The fourth-order valence-corrected chi connectivity index (χ4v) is 6.41. The van der Waals surface area contributed by atoms with Gasteiger partial charge in [-0.15, -0.1) is 11.8 Å². The van der Waals surface area contributed by atoms with E-state index in [2.05, 4.69) is 41.8 Å². The molecule has 0 nitrogen and oxygen atoms in total. The lowest BCUT2D eigenvalue weighted by Crippen LogP contribution is -1.97. The Kier molecular flexibility index (Phi) is 5.32. The van der Waals surface area contributed by atoms with Crippen LogP contribution in [0, 0.1) is 0 Å².